The molecule has 2 aromatic rings. The van der Waals surface area contributed by atoms with Crippen LogP contribution in [0, 0.1) is 0 Å². The van der Waals surface area contributed by atoms with Crippen molar-refractivity contribution in [3.05, 3.63) is 64.7 Å². The van der Waals surface area contributed by atoms with E-state index in [0.717, 1.165) is 29.7 Å². The zero-order valence-electron chi connectivity index (χ0n) is 11.5. The van der Waals surface area contributed by atoms with Crippen molar-refractivity contribution in [1.82, 2.24) is 0 Å². The molecule has 0 aromatic heterocycles. The van der Waals surface area contributed by atoms with Gasteiger partial charge in [0.1, 0.15) is 0 Å². The van der Waals surface area contributed by atoms with Gasteiger partial charge in [-0.15, -0.1) is 0 Å². The van der Waals surface area contributed by atoms with Crippen LogP contribution in [0.15, 0.2) is 48.5 Å². The summed E-state index contributed by atoms with van der Waals surface area (Å²) >= 11 is 5.89. The predicted molar refractivity (Wildman–Crippen MR) is 83.8 cm³/mol. The highest BCUT2D eigenvalue weighted by atomic mass is 35.5. The molecule has 0 spiro atoms. The SMILES string of the molecule is O=C(O)C1(Nc2ccc(Cl)cc2)CCCc2ccccc21. The van der Waals surface area contributed by atoms with E-state index in [0.29, 0.717) is 11.4 Å². The lowest BCUT2D eigenvalue weighted by Gasteiger charge is -2.37. The van der Waals surface area contributed by atoms with Gasteiger partial charge in [0.15, 0.2) is 5.54 Å². The Morgan fingerprint density at radius 3 is 2.57 bits per heavy atom. The van der Waals surface area contributed by atoms with Gasteiger partial charge in [-0.25, -0.2) is 4.79 Å². The van der Waals surface area contributed by atoms with Gasteiger partial charge >= 0.3 is 5.97 Å². The van der Waals surface area contributed by atoms with Crippen molar-refractivity contribution >= 4 is 23.3 Å². The lowest BCUT2D eigenvalue weighted by atomic mass is 9.76. The third-order valence-electron chi connectivity index (χ3n) is 4.04. The summed E-state index contributed by atoms with van der Waals surface area (Å²) in [4.78, 5) is 12.0. The lowest BCUT2D eigenvalue weighted by molar-refractivity contribution is -0.143. The van der Waals surface area contributed by atoms with E-state index in [1.54, 1.807) is 12.1 Å². The van der Waals surface area contributed by atoms with Gasteiger partial charge in [-0.3, -0.25) is 0 Å². The molecule has 3 rings (SSSR count). The fourth-order valence-electron chi connectivity index (χ4n) is 3.02. The molecule has 0 fully saturated rings. The Balaban J connectivity index is 2.05. The van der Waals surface area contributed by atoms with Gasteiger partial charge in [0, 0.05) is 10.7 Å². The summed E-state index contributed by atoms with van der Waals surface area (Å²) in [6.45, 7) is 0. The molecule has 2 N–H and O–H groups in total. The van der Waals surface area contributed by atoms with E-state index in [4.69, 9.17) is 11.6 Å². The number of benzene rings is 2. The minimum absolute atomic E-state index is 0.571. The molecule has 1 aliphatic rings. The van der Waals surface area contributed by atoms with E-state index >= 15 is 0 Å². The second kappa shape index (κ2) is 5.41. The van der Waals surface area contributed by atoms with E-state index in [1.807, 2.05) is 36.4 Å². The maximum absolute atomic E-state index is 12.0. The van der Waals surface area contributed by atoms with Gasteiger partial charge in [-0.2, -0.15) is 0 Å². The minimum Gasteiger partial charge on any atom is -0.479 e. The Labute approximate surface area is 128 Å². The number of aliphatic carboxylic acids is 1. The molecule has 108 valence electrons. The zero-order valence-corrected chi connectivity index (χ0v) is 12.2. The van der Waals surface area contributed by atoms with Crippen LogP contribution in [0.4, 0.5) is 5.69 Å². The van der Waals surface area contributed by atoms with Crippen LogP contribution in [0.5, 0.6) is 0 Å². The van der Waals surface area contributed by atoms with Crippen molar-refractivity contribution in [2.45, 2.75) is 24.8 Å². The van der Waals surface area contributed by atoms with Gasteiger partial charge in [0.2, 0.25) is 0 Å². The summed E-state index contributed by atoms with van der Waals surface area (Å²) in [6.07, 6.45) is 2.35. The van der Waals surface area contributed by atoms with Crippen LogP contribution in [-0.4, -0.2) is 11.1 Å². The summed E-state index contributed by atoms with van der Waals surface area (Å²) in [5, 5.41) is 13.7. The highest BCUT2D eigenvalue weighted by molar-refractivity contribution is 6.30. The largest absolute Gasteiger partial charge is 0.479 e. The molecule has 3 nitrogen and oxygen atoms in total. The number of carboxylic acids is 1. The van der Waals surface area contributed by atoms with Gasteiger partial charge in [-0.1, -0.05) is 35.9 Å². The summed E-state index contributed by atoms with van der Waals surface area (Å²) in [5.74, 6) is -0.843. The minimum atomic E-state index is -1.07. The number of aryl methyl sites for hydroxylation is 1. The Bertz CT molecular complexity index is 669. The quantitative estimate of drug-likeness (QED) is 0.898. The average Bonchev–Trinajstić information content (AvgIpc) is 2.50. The number of carbonyl (C=O) groups is 1. The van der Waals surface area contributed by atoms with Crippen LogP contribution in [0.25, 0.3) is 0 Å². The standard InChI is InChI=1S/C17H16ClNO2/c18-13-7-9-14(10-8-13)19-17(16(20)21)11-3-5-12-4-1-2-6-15(12)17/h1-2,4,6-10,19H,3,5,11H2,(H,20,21). The molecule has 1 aliphatic carbocycles. The monoisotopic (exact) mass is 301 g/mol. The number of fused-ring (bicyclic) bond motifs is 1. The molecule has 0 bridgehead atoms. The number of anilines is 1. The first-order valence-corrected chi connectivity index (χ1v) is 7.35. The van der Waals surface area contributed by atoms with E-state index in [-0.39, 0.29) is 0 Å². The molecule has 0 heterocycles. The lowest BCUT2D eigenvalue weighted by Crippen LogP contribution is -2.46. The fraction of sp³-hybridized carbons (Fsp3) is 0.235. The van der Waals surface area contributed by atoms with Crippen LogP contribution in [-0.2, 0) is 16.8 Å². The topological polar surface area (TPSA) is 49.3 Å². The summed E-state index contributed by atoms with van der Waals surface area (Å²) in [7, 11) is 0. The third-order valence-corrected chi connectivity index (χ3v) is 4.29. The molecule has 0 saturated heterocycles. The molecule has 0 aliphatic heterocycles. The second-order valence-corrected chi connectivity index (χ2v) is 5.79. The number of hydrogen-bond acceptors (Lipinski definition) is 2. The van der Waals surface area contributed by atoms with Crippen LogP contribution >= 0.6 is 11.6 Å². The molecular formula is C17H16ClNO2. The molecule has 21 heavy (non-hydrogen) atoms. The maximum atomic E-state index is 12.0. The molecule has 0 saturated carbocycles. The van der Waals surface area contributed by atoms with Crippen LogP contribution < -0.4 is 5.32 Å². The van der Waals surface area contributed by atoms with E-state index in [1.165, 1.54) is 0 Å². The first kappa shape index (κ1) is 14.0. The normalized spacial score (nSPS) is 20.6. The molecular weight excluding hydrogens is 286 g/mol. The number of carboxylic acid groups (broad SMARTS) is 1. The first-order valence-electron chi connectivity index (χ1n) is 6.97. The maximum Gasteiger partial charge on any atom is 0.334 e. The Morgan fingerprint density at radius 1 is 1.14 bits per heavy atom. The molecule has 0 amide bonds. The number of hydrogen-bond donors (Lipinski definition) is 2. The Hall–Kier alpha value is -2.00. The van der Waals surface area contributed by atoms with Gasteiger partial charge in [0.25, 0.3) is 0 Å². The molecule has 1 atom stereocenters. The fourth-order valence-corrected chi connectivity index (χ4v) is 3.14. The number of nitrogens with one attached hydrogen (secondary N) is 1. The highest BCUT2D eigenvalue weighted by Crippen LogP contribution is 2.38. The zero-order chi connectivity index (χ0) is 14.9. The molecule has 0 radical (unpaired) electrons. The van der Waals surface area contributed by atoms with E-state index in [2.05, 4.69) is 5.32 Å². The second-order valence-electron chi connectivity index (χ2n) is 5.35. The van der Waals surface area contributed by atoms with E-state index in [9.17, 15) is 9.90 Å². The molecule has 2 aromatic carbocycles. The molecule has 4 heteroatoms. The van der Waals surface area contributed by atoms with Crippen LogP contribution in [0.1, 0.15) is 24.0 Å². The summed E-state index contributed by atoms with van der Waals surface area (Å²) in [6, 6.07) is 14.9. The van der Waals surface area contributed by atoms with Crippen molar-refractivity contribution < 1.29 is 9.90 Å². The molecule has 1 unspecified atom stereocenters. The van der Waals surface area contributed by atoms with Crippen LogP contribution in [0.3, 0.4) is 0 Å². The summed E-state index contributed by atoms with van der Waals surface area (Å²) in [5.41, 5.74) is 1.66. The van der Waals surface area contributed by atoms with Crippen molar-refractivity contribution in [2.24, 2.45) is 0 Å². The van der Waals surface area contributed by atoms with Gasteiger partial charge in [0.05, 0.1) is 0 Å². The van der Waals surface area contributed by atoms with Gasteiger partial charge < -0.3 is 10.4 Å². The van der Waals surface area contributed by atoms with Crippen molar-refractivity contribution in [1.29, 1.82) is 0 Å². The first-order chi connectivity index (χ1) is 10.1. The van der Waals surface area contributed by atoms with E-state index < -0.39 is 11.5 Å². The highest BCUT2D eigenvalue weighted by Gasteiger charge is 2.43. The average molecular weight is 302 g/mol. The van der Waals surface area contributed by atoms with Crippen molar-refractivity contribution in [3.63, 3.8) is 0 Å². The van der Waals surface area contributed by atoms with Crippen molar-refractivity contribution in [3.8, 4) is 0 Å². The Morgan fingerprint density at radius 2 is 1.86 bits per heavy atom. The number of rotatable bonds is 3. The third kappa shape index (κ3) is 2.49. The predicted octanol–water partition coefficient (Wildman–Crippen LogP) is 4.07. The smallest absolute Gasteiger partial charge is 0.334 e. The van der Waals surface area contributed by atoms with Crippen LogP contribution in [0.2, 0.25) is 5.02 Å². The number of halogens is 1. The Kier molecular flexibility index (Phi) is 3.60. The van der Waals surface area contributed by atoms with Gasteiger partial charge in [-0.05, 0) is 54.7 Å². The van der Waals surface area contributed by atoms with Crippen molar-refractivity contribution in [2.75, 3.05) is 5.32 Å². The summed E-state index contributed by atoms with van der Waals surface area (Å²) < 4.78 is 0.